The second-order valence-electron chi connectivity index (χ2n) is 4.98. The highest BCUT2D eigenvalue weighted by molar-refractivity contribution is 5.81. The van der Waals surface area contributed by atoms with Crippen molar-refractivity contribution in [3.63, 3.8) is 0 Å². The summed E-state index contributed by atoms with van der Waals surface area (Å²) in [5.74, 6) is -0.611. The first-order chi connectivity index (χ1) is 10.0. The molecule has 1 amide bonds. The van der Waals surface area contributed by atoms with Crippen LogP contribution in [0.3, 0.4) is 0 Å². The zero-order chi connectivity index (χ0) is 15.7. The molecule has 1 aromatic rings. The Morgan fingerprint density at radius 2 is 2.05 bits per heavy atom. The standard InChI is InChI=1S/C15H24N2O4/c1-21-8-4-2-3-7-17-15(20)12(16)9-11-5-6-13(18)14(19)10-11/h5-6,10,12,18-19H,2-4,7-9,16H2,1H3,(H,17,20)/t12-/m0/s1. The molecule has 0 saturated carbocycles. The van der Waals surface area contributed by atoms with E-state index in [-0.39, 0.29) is 17.4 Å². The van der Waals surface area contributed by atoms with Crippen LogP contribution in [0.2, 0.25) is 0 Å². The number of amides is 1. The number of unbranched alkanes of at least 4 members (excludes halogenated alkanes) is 2. The number of nitrogens with two attached hydrogens (primary N) is 1. The number of hydrogen-bond donors (Lipinski definition) is 4. The van der Waals surface area contributed by atoms with E-state index < -0.39 is 6.04 Å². The van der Waals surface area contributed by atoms with Gasteiger partial charge in [0.15, 0.2) is 11.5 Å². The van der Waals surface area contributed by atoms with Gasteiger partial charge in [0.05, 0.1) is 6.04 Å². The van der Waals surface area contributed by atoms with Crippen molar-refractivity contribution in [3.8, 4) is 11.5 Å². The molecule has 1 rings (SSSR count). The molecule has 0 saturated heterocycles. The van der Waals surface area contributed by atoms with Crippen LogP contribution in [0, 0.1) is 0 Å². The molecule has 6 nitrogen and oxygen atoms in total. The fourth-order valence-electron chi connectivity index (χ4n) is 1.93. The lowest BCUT2D eigenvalue weighted by Crippen LogP contribution is -2.42. The molecule has 0 aliphatic heterocycles. The first kappa shape index (κ1) is 17.3. The molecule has 0 fully saturated rings. The van der Waals surface area contributed by atoms with Crippen molar-refractivity contribution in [2.75, 3.05) is 20.3 Å². The Labute approximate surface area is 124 Å². The van der Waals surface area contributed by atoms with E-state index in [1.54, 1.807) is 13.2 Å². The smallest absolute Gasteiger partial charge is 0.237 e. The zero-order valence-electron chi connectivity index (χ0n) is 12.3. The summed E-state index contributed by atoms with van der Waals surface area (Å²) in [5.41, 5.74) is 6.53. The topological polar surface area (TPSA) is 105 Å². The first-order valence-corrected chi connectivity index (χ1v) is 7.07. The molecule has 21 heavy (non-hydrogen) atoms. The van der Waals surface area contributed by atoms with E-state index in [9.17, 15) is 15.0 Å². The average molecular weight is 296 g/mol. The van der Waals surface area contributed by atoms with Gasteiger partial charge in [0.1, 0.15) is 0 Å². The molecule has 0 bridgehead atoms. The van der Waals surface area contributed by atoms with E-state index in [4.69, 9.17) is 10.5 Å². The van der Waals surface area contributed by atoms with Crippen LogP contribution >= 0.6 is 0 Å². The van der Waals surface area contributed by atoms with Crippen LogP contribution in [-0.4, -0.2) is 42.4 Å². The van der Waals surface area contributed by atoms with E-state index in [1.807, 2.05) is 0 Å². The highest BCUT2D eigenvalue weighted by Crippen LogP contribution is 2.25. The maximum Gasteiger partial charge on any atom is 0.237 e. The maximum absolute atomic E-state index is 11.8. The summed E-state index contributed by atoms with van der Waals surface area (Å²) in [6.07, 6.45) is 3.17. The Bertz CT molecular complexity index is 451. The number of rotatable bonds is 9. The Morgan fingerprint density at radius 1 is 1.29 bits per heavy atom. The van der Waals surface area contributed by atoms with Gasteiger partial charge in [-0.3, -0.25) is 4.79 Å². The number of aromatic hydroxyl groups is 2. The van der Waals surface area contributed by atoms with Gasteiger partial charge in [-0.1, -0.05) is 6.07 Å². The number of phenolic OH excluding ortho intramolecular Hbond substituents is 2. The maximum atomic E-state index is 11.8. The summed E-state index contributed by atoms with van der Waals surface area (Å²) >= 11 is 0. The molecule has 1 aromatic carbocycles. The van der Waals surface area contributed by atoms with Crippen LogP contribution in [0.15, 0.2) is 18.2 Å². The highest BCUT2D eigenvalue weighted by Gasteiger charge is 2.14. The molecule has 0 heterocycles. The lowest BCUT2D eigenvalue weighted by molar-refractivity contribution is -0.122. The molecule has 118 valence electrons. The van der Waals surface area contributed by atoms with Crippen molar-refractivity contribution in [2.45, 2.75) is 31.7 Å². The van der Waals surface area contributed by atoms with Crippen LogP contribution in [-0.2, 0) is 16.0 Å². The lowest BCUT2D eigenvalue weighted by atomic mass is 10.1. The Balaban J connectivity index is 2.29. The first-order valence-electron chi connectivity index (χ1n) is 7.07. The predicted molar refractivity (Wildman–Crippen MR) is 80.2 cm³/mol. The van der Waals surface area contributed by atoms with Crippen LogP contribution in [0.25, 0.3) is 0 Å². The molecular weight excluding hydrogens is 272 g/mol. The SMILES string of the molecule is COCCCCCNC(=O)[C@@H](N)Cc1ccc(O)c(O)c1. The van der Waals surface area contributed by atoms with Gasteiger partial charge in [-0.2, -0.15) is 0 Å². The van der Waals surface area contributed by atoms with Gasteiger partial charge in [-0.15, -0.1) is 0 Å². The van der Waals surface area contributed by atoms with E-state index in [0.717, 1.165) is 25.9 Å². The van der Waals surface area contributed by atoms with Gasteiger partial charge in [0.2, 0.25) is 5.91 Å². The molecule has 1 atom stereocenters. The van der Waals surface area contributed by atoms with Crippen molar-refractivity contribution in [3.05, 3.63) is 23.8 Å². The Hall–Kier alpha value is -1.79. The summed E-state index contributed by atoms with van der Waals surface area (Å²) in [5, 5.41) is 21.4. The van der Waals surface area contributed by atoms with Crippen molar-refractivity contribution >= 4 is 5.91 Å². The Morgan fingerprint density at radius 3 is 2.71 bits per heavy atom. The van der Waals surface area contributed by atoms with Gasteiger partial charge >= 0.3 is 0 Å². The zero-order valence-corrected chi connectivity index (χ0v) is 12.3. The monoisotopic (exact) mass is 296 g/mol. The second kappa shape index (κ2) is 9.20. The third-order valence-electron chi connectivity index (χ3n) is 3.16. The largest absolute Gasteiger partial charge is 0.504 e. The molecule has 5 N–H and O–H groups in total. The molecule has 0 unspecified atom stereocenters. The molecule has 0 radical (unpaired) electrons. The van der Waals surface area contributed by atoms with Crippen molar-refractivity contribution < 1.29 is 19.7 Å². The van der Waals surface area contributed by atoms with Crippen LogP contribution in [0.5, 0.6) is 11.5 Å². The van der Waals surface area contributed by atoms with Gasteiger partial charge in [-0.25, -0.2) is 0 Å². The minimum Gasteiger partial charge on any atom is -0.504 e. The van der Waals surface area contributed by atoms with Gasteiger partial charge in [-0.05, 0) is 43.4 Å². The van der Waals surface area contributed by atoms with Crippen LogP contribution in [0.1, 0.15) is 24.8 Å². The third-order valence-corrected chi connectivity index (χ3v) is 3.16. The average Bonchev–Trinajstić information content (AvgIpc) is 2.46. The number of nitrogens with one attached hydrogen (secondary N) is 1. The van der Waals surface area contributed by atoms with Gasteiger partial charge in [0.25, 0.3) is 0 Å². The number of carbonyl (C=O) groups excluding carboxylic acids is 1. The molecule has 0 aromatic heterocycles. The summed E-state index contributed by atoms with van der Waals surface area (Å²) in [6, 6.07) is 3.75. The van der Waals surface area contributed by atoms with Crippen LogP contribution in [0.4, 0.5) is 0 Å². The molecule has 0 spiro atoms. The number of phenols is 2. The number of benzene rings is 1. The van der Waals surface area contributed by atoms with Gasteiger partial charge < -0.3 is 26.0 Å². The van der Waals surface area contributed by atoms with Crippen LogP contribution < -0.4 is 11.1 Å². The summed E-state index contributed by atoms with van der Waals surface area (Å²) in [6.45, 7) is 1.33. The summed E-state index contributed by atoms with van der Waals surface area (Å²) in [4.78, 5) is 11.8. The lowest BCUT2D eigenvalue weighted by Gasteiger charge is -2.12. The Kier molecular flexibility index (Phi) is 7.56. The fourth-order valence-corrected chi connectivity index (χ4v) is 1.93. The quantitative estimate of drug-likeness (QED) is 0.400. The number of hydrogen-bond acceptors (Lipinski definition) is 5. The van der Waals surface area contributed by atoms with Crippen molar-refractivity contribution in [2.24, 2.45) is 5.73 Å². The number of ether oxygens (including phenoxy) is 1. The predicted octanol–water partition coefficient (Wildman–Crippen LogP) is 0.900. The van der Waals surface area contributed by atoms with E-state index >= 15 is 0 Å². The minimum atomic E-state index is -0.673. The number of carbonyl (C=O) groups is 1. The van der Waals surface area contributed by atoms with E-state index in [1.165, 1.54) is 12.1 Å². The molecule has 0 aliphatic carbocycles. The minimum absolute atomic E-state index is 0.187. The van der Waals surface area contributed by atoms with E-state index in [2.05, 4.69) is 5.32 Å². The molecular formula is C15H24N2O4. The van der Waals surface area contributed by atoms with Crippen molar-refractivity contribution in [1.82, 2.24) is 5.32 Å². The number of methoxy groups -OCH3 is 1. The molecule has 6 heteroatoms. The normalized spacial score (nSPS) is 12.1. The summed E-state index contributed by atoms with van der Waals surface area (Å²) in [7, 11) is 1.67. The van der Waals surface area contributed by atoms with E-state index in [0.29, 0.717) is 18.5 Å². The summed E-state index contributed by atoms with van der Waals surface area (Å²) < 4.78 is 4.95. The fraction of sp³-hybridized carbons (Fsp3) is 0.533. The second-order valence-corrected chi connectivity index (χ2v) is 4.98. The molecule has 0 aliphatic rings. The third kappa shape index (κ3) is 6.46. The van der Waals surface area contributed by atoms with Crippen molar-refractivity contribution in [1.29, 1.82) is 0 Å². The van der Waals surface area contributed by atoms with Gasteiger partial charge in [0, 0.05) is 20.3 Å². The highest BCUT2D eigenvalue weighted by atomic mass is 16.5.